The molecule has 0 spiro atoms. The van der Waals surface area contributed by atoms with Crippen LogP contribution in [-0.2, 0) is 16.0 Å². The Morgan fingerprint density at radius 3 is 2.10 bits per heavy atom. The molecule has 1 fully saturated rings. The van der Waals surface area contributed by atoms with E-state index in [4.69, 9.17) is 0 Å². The number of alkyl halides is 3. The second-order valence-corrected chi connectivity index (χ2v) is 8.90. The van der Waals surface area contributed by atoms with Crippen LogP contribution in [0, 0.1) is 5.92 Å². The topological polar surface area (TPSA) is 37.4 Å². The van der Waals surface area contributed by atoms with Gasteiger partial charge in [0, 0.05) is 18.0 Å². The number of hydrogen-bond acceptors (Lipinski definition) is 2. The summed E-state index contributed by atoms with van der Waals surface area (Å²) in [4.78, 5) is 24.8. The molecule has 2 rings (SSSR count). The normalized spacial score (nSPS) is 21.8. The number of nitrogens with zero attached hydrogens (tertiary/aromatic N) is 1. The molecule has 0 aromatic heterocycles. The van der Waals surface area contributed by atoms with E-state index in [1.807, 2.05) is 6.07 Å². The molecule has 0 bridgehead atoms. The van der Waals surface area contributed by atoms with Crippen LogP contribution in [0.2, 0.25) is 0 Å². The van der Waals surface area contributed by atoms with Crippen molar-refractivity contribution in [1.82, 2.24) is 4.90 Å². The summed E-state index contributed by atoms with van der Waals surface area (Å²) in [5, 5.41) is 0. The summed E-state index contributed by atoms with van der Waals surface area (Å²) >= 11 is 0. The number of hydrogen-bond donors (Lipinski definition) is 0. The molecule has 1 heterocycles. The Morgan fingerprint density at radius 2 is 1.52 bits per heavy atom. The number of rotatable bonds is 11. The minimum Gasteiger partial charge on any atom is -0.328 e. The van der Waals surface area contributed by atoms with Crippen molar-refractivity contribution in [2.45, 2.75) is 103 Å². The van der Waals surface area contributed by atoms with Gasteiger partial charge in [0.25, 0.3) is 0 Å². The molecule has 1 aromatic carbocycles. The van der Waals surface area contributed by atoms with E-state index < -0.39 is 30.1 Å². The highest BCUT2D eigenvalue weighted by atomic mass is 19.4. The summed E-state index contributed by atoms with van der Waals surface area (Å²) in [6.07, 6.45) is 5.32. The fraction of sp³-hybridized carbons (Fsp3) is 0.680. The molecule has 0 unspecified atom stereocenters. The lowest BCUT2D eigenvalue weighted by molar-refractivity contribution is -0.194. The van der Waals surface area contributed by atoms with Gasteiger partial charge in [0.05, 0.1) is 0 Å². The number of halogens is 3. The van der Waals surface area contributed by atoms with E-state index in [9.17, 15) is 22.8 Å². The number of amides is 1. The molecule has 0 N–H and O–H groups in total. The van der Waals surface area contributed by atoms with E-state index in [2.05, 4.69) is 24.3 Å². The number of ketones is 1. The lowest BCUT2D eigenvalue weighted by atomic mass is 9.82. The molecule has 3 atom stereocenters. The zero-order valence-electron chi connectivity index (χ0n) is 18.8. The van der Waals surface area contributed by atoms with Crippen LogP contribution in [0.25, 0.3) is 0 Å². The Hall–Kier alpha value is -1.85. The van der Waals surface area contributed by atoms with Gasteiger partial charge in [0.15, 0.2) is 0 Å². The number of benzene rings is 1. The first-order valence-electron chi connectivity index (χ1n) is 11.7. The second-order valence-electron chi connectivity index (χ2n) is 8.90. The van der Waals surface area contributed by atoms with Gasteiger partial charge in [-0.2, -0.15) is 13.2 Å². The van der Waals surface area contributed by atoms with Gasteiger partial charge >= 0.3 is 12.1 Å². The Balaban J connectivity index is 1.69. The molecule has 0 saturated carbocycles. The number of Topliss-reactive ketones (excluding diaryl/α,β-unsaturated/α-hetero) is 1. The zero-order valence-corrected chi connectivity index (χ0v) is 18.8. The first-order valence-corrected chi connectivity index (χ1v) is 11.7. The van der Waals surface area contributed by atoms with Crippen molar-refractivity contribution in [3.8, 4) is 0 Å². The third kappa shape index (κ3) is 7.97. The quantitative estimate of drug-likeness (QED) is 0.369. The van der Waals surface area contributed by atoms with Crippen LogP contribution in [0.4, 0.5) is 13.2 Å². The van der Waals surface area contributed by atoms with Crippen molar-refractivity contribution in [1.29, 1.82) is 0 Å². The maximum Gasteiger partial charge on any atom is 0.471 e. The third-order valence-corrected chi connectivity index (χ3v) is 6.57. The molecule has 0 aliphatic carbocycles. The van der Waals surface area contributed by atoms with Gasteiger partial charge in [0.2, 0.25) is 0 Å². The van der Waals surface area contributed by atoms with Crippen molar-refractivity contribution in [3.63, 3.8) is 0 Å². The number of unbranched alkanes of at least 4 members (excludes halogenated alkanes) is 6. The number of piperidine rings is 1. The largest absolute Gasteiger partial charge is 0.471 e. The number of carbonyl (C=O) groups excluding carboxylic acids is 2. The van der Waals surface area contributed by atoms with Gasteiger partial charge in [-0.25, -0.2) is 0 Å². The highest BCUT2D eigenvalue weighted by Crippen LogP contribution is 2.34. The van der Waals surface area contributed by atoms with Crippen molar-refractivity contribution in [3.05, 3.63) is 35.9 Å². The molecular weight excluding hydrogens is 403 g/mol. The standard InChI is InChI=1S/C25H36F3NO2/c1-19-23(20(2)30)18-17-22(29(19)24(31)25(26,27)28)16-12-7-5-3-4-6-9-13-21-14-10-8-11-15-21/h8,10-11,14-15,19,22-23H,3-7,9,12-13,16-18H2,1-2H3/t19-,22+,23-/m1/s1. The highest BCUT2D eigenvalue weighted by molar-refractivity contribution is 5.85. The van der Waals surface area contributed by atoms with Crippen molar-refractivity contribution >= 4 is 11.7 Å². The van der Waals surface area contributed by atoms with E-state index in [-0.39, 0.29) is 5.78 Å². The zero-order chi connectivity index (χ0) is 22.9. The summed E-state index contributed by atoms with van der Waals surface area (Å²) in [5.74, 6) is -2.44. The Morgan fingerprint density at radius 1 is 0.935 bits per heavy atom. The predicted octanol–water partition coefficient (Wildman–Crippen LogP) is 6.50. The first-order chi connectivity index (χ1) is 14.7. The van der Waals surface area contributed by atoms with E-state index in [0.717, 1.165) is 37.0 Å². The Kier molecular flexibility index (Phi) is 10.0. The summed E-state index contributed by atoms with van der Waals surface area (Å²) in [6.45, 7) is 2.98. The fourth-order valence-electron chi connectivity index (χ4n) is 4.84. The molecule has 1 aromatic rings. The number of carbonyl (C=O) groups is 2. The molecule has 1 aliphatic heterocycles. The monoisotopic (exact) mass is 439 g/mol. The highest BCUT2D eigenvalue weighted by Gasteiger charge is 2.49. The molecule has 1 amide bonds. The van der Waals surface area contributed by atoms with Crippen molar-refractivity contribution in [2.75, 3.05) is 0 Å². The lowest BCUT2D eigenvalue weighted by Gasteiger charge is -2.44. The predicted molar refractivity (Wildman–Crippen MR) is 117 cm³/mol. The summed E-state index contributed by atoms with van der Waals surface area (Å²) in [5.41, 5.74) is 1.37. The van der Waals surface area contributed by atoms with Gasteiger partial charge in [-0.15, -0.1) is 0 Å². The van der Waals surface area contributed by atoms with Crippen LogP contribution in [0.15, 0.2) is 30.3 Å². The smallest absolute Gasteiger partial charge is 0.328 e. The summed E-state index contributed by atoms with van der Waals surface area (Å²) in [7, 11) is 0. The van der Waals surface area contributed by atoms with Crippen LogP contribution in [0.3, 0.4) is 0 Å². The van der Waals surface area contributed by atoms with Crippen molar-refractivity contribution < 1.29 is 22.8 Å². The van der Waals surface area contributed by atoms with Crippen LogP contribution in [0.5, 0.6) is 0 Å². The van der Waals surface area contributed by atoms with E-state index >= 15 is 0 Å². The number of aryl methyl sites for hydroxylation is 1. The lowest BCUT2D eigenvalue weighted by Crippen LogP contribution is -2.57. The van der Waals surface area contributed by atoms with Crippen LogP contribution in [0.1, 0.15) is 83.6 Å². The Bertz CT molecular complexity index is 690. The van der Waals surface area contributed by atoms with E-state index in [1.54, 1.807) is 6.92 Å². The molecule has 3 nitrogen and oxygen atoms in total. The maximum atomic E-state index is 13.1. The minimum absolute atomic E-state index is 0.141. The molecule has 1 aliphatic rings. The third-order valence-electron chi connectivity index (χ3n) is 6.57. The van der Waals surface area contributed by atoms with Crippen LogP contribution >= 0.6 is 0 Å². The van der Waals surface area contributed by atoms with Crippen molar-refractivity contribution in [2.24, 2.45) is 5.92 Å². The van der Waals surface area contributed by atoms with Crippen LogP contribution in [-0.4, -0.2) is 34.9 Å². The molecule has 31 heavy (non-hydrogen) atoms. The average Bonchev–Trinajstić information content (AvgIpc) is 2.72. The SMILES string of the molecule is CC(=O)[C@@H]1CC[C@H](CCCCCCCCCc2ccccc2)N(C(=O)C(F)(F)F)[C@@H]1C. The van der Waals surface area contributed by atoms with E-state index in [0.29, 0.717) is 19.3 Å². The first kappa shape index (κ1) is 25.4. The molecule has 6 heteroatoms. The number of likely N-dealkylation sites (tertiary alicyclic amines) is 1. The van der Waals surface area contributed by atoms with Gasteiger partial charge < -0.3 is 4.90 Å². The molecular formula is C25H36F3NO2. The minimum atomic E-state index is -4.90. The van der Waals surface area contributed by atoms with Gasteiger partial charge in [-0.05, 0) is 51.5 Å². The second kappa shape index (κ2) is 12.3. The maximum absolute atomic E-state index is 13.1. The Labute approximate surface area is 184 Å². The average molecular weight is 440 g/mol. The molecule has 1 saturated heterocycles. The molecule has 174 valence electrons. The van der Waals surface area contributed by atoms with Gasteiger partial charge in [0.1, 0.15) is 5.78 Å². The van der Waals surface area contributed by atoms with Gasteiger partial charge in [-0.3, -0.25) is 9.59 Å². The molecule has 0 radical (unpaired) electrons. The summed E-state index contributed by atoms with van der Waals surface area (Å²) in [6, 6.07) is 9.32. The van der Waals surface area contributed by atoms with Crippen LogP contribution < -0.4 is 0 Å². The fourth-order valence-corrected chi connectivity index (χ4v) is 4.84. The van der Waals surface area contributed by atoms with E-state index in [1.165, 1.54) is 31.7 Å². The summed E-state index contributed by atoms with van der Waals surface area (Å²) < 4.78 is 39.4. The van der Waals surface area contributed by atoms with Gasteiger partial charge in [-0.1, -0.05) is 68.9 Å².